The SMILES string of the molecule is COP(C)(=O)Oc1c2c(c(OP(C)(=O)OC)c3c1[C@H]1C[C@@H]3c3cc4ccccc4cc31)[C@H]1C[C@@H]2c2cc3ccccc3cc21. The van der Waals surface area contributed by atoms with Crippen LogP contribution < -0.4 is 9.05 Å². The highest BCUT2D eigenvalue weighted by atomic mass is 31.2. The molecule has 6 atom stereocenters. The molecule has 9 rings (SSSR count). The molecule has 0 spiro atoms. The Hall–Kier alpha value is -3.40. The van der Waals surface area contributed by atoms with Crippen LogP contribution in [0.2, 0.25) is 0 Å². The summed E-state index contributed by atoms with van der Waals surface area (Å²) < 4.78 is 51.2. The first-order valence-corrected chi connectivity index (χ1v) is 19.1. The van der Waals surface area contributed by atoms with Crippen molar-refractivity contribution < 1.29 is 27.2 Å². The topological polar surface area (TPSA) is 71.1 Å². The smallest absolute Gasteiger partial charge is 0.375 e. The third kappa shape index (κ3) is 3.63. The Morgan fingerprint density at radius 1 is 0.523 bits per heavy atom. The largest absolute Gasteiger partial charge is 0.424 e. The second kappa shape index (κ2) is 9.08. The van der Waals surface area contributed by atoms with E-state index in [2.05, 4.69) is 72.8 Å². The maximum atomic E-state index is 13.6. The molecule has 0 aromatic heterocycles. The second-order valence-electron chi connectivity index (χ2n) is 12.7. The van der Waals surface area contributed by atoms with Gasteiger partial charge in [-0.15, -0.1) is 0 Å². The normalized spacial score (nSPS) is 24.5. The highest BCUT2D eigenvalue weighted by Gasteiger charge is 2.54. The van der Waals surface area contributed by atoms with Gasteiger partial charge in [0.1, 0.15) is 11.5 Å². The predicted molar refractivity (Wildman–Crippen MR) is 173 cm³/mol. The summed E-state index contributed by atoms with van der Waals surface area (Å²) in [5.41, 5.74) is 9.05. The van der Waals surface area contributed by atoms with E-state index in [4.69, 9.17) is 18.1 Å². The number of hydrogen-bond acceptors (Lipinski definition) is 6. The maximum Gasteiger partial charge on any atom is 0.375 e. The summed E-state index contributed by atoms with van der Waals surface area (Å²) in [5, 5.41) is 4.76. The molecule has 0 saturated heterocycles. The van der Waals surface area contributed by atoms with E-state index in [1.807, 2.05) is 0 Å². The fourth-order valence-electron chi connectivity index (χ4n) is 8.60. The van der Waals surface area contributed by atoms with Gasteiger partial charge in [0.05, 0.1) is 0 Å². The van der Waals surface area contributed by atoms with E-state index in [9.17, 15) is 9.13 Å². The first kappa shape index (κ1) is 27.0. The minimum atomic E-state index is -3.43. The minimum Gasteiger partial charge on any atom is -0.424 e. The van der Waals surface area contributed by atoms with Crippen molar-refractivity contribution in [3.8, 4) is 11.5 Å². The van der Waals surface area contributed by atoms with Crippen LogP contribution in [-0.2, 0) is 18.2 Å². The van der Waals surface area contributed by atoms with E-state index in [1.165, 1.54) is 71.3 Å². The van der Waals surface area contributed by atoms with Crippen LogP contribution in [-0.4, -0.2) is 27.5 Å². The Kier molecular flexibility index (Phi) is 5.56. The van der Waals surface area contributed by atoms with Crippen molar-refractivity contribution in [1.82, 2.24) is 0 Å². The van der Waals surface area contributed by atoms with Crippen molar-refractivity contribution in [3.05, 3.63) is 117 Å². The van der Waals surface area contributed by atoms with E-state index >= 15 is 0 Å². The molecule has 0 fully saturated rings. The molecule has 0 saturated carbocycles. The lowest BCUT2D eigenvalue weighted by molar-refractivity contribution is 0.321. The lowest BCUT2D eigenvalue weighted by Gasteiger charge is -2.33. The predicted octanol–water partition coefficient (Wildman–Crippen LogP) is 9.65. The molecule has 0 heterocycles. The van der Waals surface area contributed by atoms with Gasteiger partial charge in [-0.2, -0.15) is 0 Å². The number of hydrogen-bond donors (Lipinski definition) is 0. The summed E-state index contributed by atoms with van der Waals surface area (Å²) in [5.74, 6) is 1.45. The average Bonchev–Trinajstić information content (AvgIpc) is 3.79. The van der Waals surface area contributed by atoms with Crippen LogP contribution in [0.3, 0.4) is 0 Å². The third-order valence-electron chi connectivity index (χ3n) is 10.5. The number of fused-ring (bicyclic) bond motifs is 18. The zero-order valence-corrected chi connectivity index (χ0v) is 26.8. The molecule has 222 valence electrons. The van der Waals surface area contributed by atoms with Gasteiger partial charge in [0.2, 0.25) is 0 Å². The van der Waals surface area contributed by atoms with Crippen LogP contribution in [0.1, 0.15) is 81.0 Å². The van der Waals surface area contributed by atoms with E-state index in [1.54, 1.807) is 0 Å². The lowest BCUT2D eigenvalue weighted by Crippen LogP contribution is -2.15. The van der Waals surface area contributed by atoms with Crippen molar-refractivity contribution >= 4 is 36.7 Å². The second-order valence-corrected chi connectivity index (χ2v) is 16.9. The third-order valence-corrected chi connectivity index (χ3v) is 12.8. The van der Waals surface area contributed by atoms with Gasteiger partial charge in [0.15, 0.2) is 0 Å². The standard InChI is InChI=1S/C36H32O6P2/c1-39-43(3,37)41-35-31-27-17-29(25-15-21-11-7-5-9-19(21)13-23(25)27)33(31)36(42-44(4,38)40-2)34-30-18-28(32(34)35)24-14-20-10-6-8-12-22(20)16-26(24)30/h5-16,27-30H,17-18H2,1-4H3/t27-,28+,29+,30-,43?,44?. The molecule has 0 aliphatic heterocycles. The van der Waals surface area contributed by atoms with Gasteiger partial charge in [-0.1, -0.05) is 72.8 Å². The molecule has 4 aliphatic rings. The van der Waals surface area contributed by atoms with Gasteiger partial charge in [-0.05, 0) is 56.6 Å². The first-order chi connectivity index (χ1) is 21.2. The maximum absolute atomic E-state index is 13.6. The molecule has 2 unspecified atom stereocenters. The molecule has 0 N–H and O–H groups in total. The molecular formula is C36H32O6P2. The molecule has 4 aliphatic carbocycles. The molecular weight excluding hydrogens is 590 g/mol. The van der Waals surface area contributed by atoms with Crippen molar-refractivity contribution in [3.63, 3.8) is 0 Å². The molecule has 0 radical (unpaired) electrons. The Morgan fingerprint density at radius 2 is 0.795 bits per heavy atom. The molecule has 44 heavy (non-hydrogen) atoms. The van der Waals surface area contributed by atoms with Crippen LogP contribution in [0.5, 0.6) is 11.5 Å². The fourth-order valence-corrected chi connectivity index (χ4v) is 9.80. The van der Waals surface area contributed by atoms with E-state index in [0.29, 0.717) is 11.5 Å². The van der Waals surface area contributed by atoms with Gasteiger partial charge in [-0.3, -0.25) is 0 Å². The zero-order valence-electron chi connectivity index (χ0n) is 25.0. The van der Waals surface area contributed by atoms with Crippen LogP contribution in [0.4, 0.5) is 0 Å². The van der Waals surface area contributed by atoms with Crippen LogP contribution in [0, 0.1) is 0 Å². The van der Waals surface area contributed by atoms with Crippen molar-refractivity contribution in [1.29, 1.82) is 0 Å². The monoisotopic (exact) mass is 622 g/mol. The highest BCUT2D eigenvalue weighted by molar-refractivity contribution is 7.53. The van der Waals surface area contributed by atoms with Gasteiger partial charge in [0.25, 0.3) is 0 Å². The van der Waals surface area contributed by atoms with E-state index in [-0.39, 0.29) is 23.7 Å². The summed E-state index contributed by atoms with van der Waals surface area (Å²) in [7, 11) is -3.99. The lowest BCUT2D eigenvalue weighted by atomic mass is 9.77. The number of rotatable bonds is 6. The Labute approximate surface area is 256 Å². The Balaban J connectivity index is 1.36. The summed E-state index contributed by atoms with van der Waals surface area (Å²) in [6.07, 6.45) is 1.70. The highest BCUT2D eigenvalue weighted by Crippen LogP contribution is 2.72. The van der Waals surface area contributed by atoms with Gasteiger partial charge in [0, 0.05) is 73.5 Å². The molecule has 5 aromatic carbocycles. The minimum absolute atomic E-state index is 0.0306. The fraction of sp³-hybridized carbons (Fsp3) is 0.278. The Bertz CT molecular complexity index is 1910. The molecule has 0 amide bonds. The van der Waals surface area contributed by atoms with Crippen molar-refractivity contribution in [2.45, 2.75) is 36.5 Å². The van der Waals surface area contributed by atoms with Gasteiger partial charge < -0.3 is 18.1 Å². The van der Waals surface area contributed by atoms with E-state index in [0.717, 1.165) is 35.1 Å². The Morgan fingerprint density at radius 3 is 1.05 bits per heavy atom. The molecule has 6 nitrogen and oxygen atoms in total. The average molecular weight is 623 g/mol. The van der Waals surface area contributed by atoms with Crippen LogP contribution in [0.15, 0.2) is 72.8 Å². The van der Waals surface area contributed by atoms with Crippen LogP contribution >= 0.6 is 15.2 Å². The van der Waals surface area contributed by atoms with Crippen molar-refractivity contribution in [2.75, 3.05) is 27.5 Å². The quantitative estimate of drug-likeness (QED) is 0.176. The summed E-state index contributed by atoms with van der Waals surface area (Å²) in [6.45, 7) is 3.06. The molecule has 8 heteroatoms. The first-order valence-electron chi connectivity index (χ1n) is 15.1. The van der Waals surface area contributed by atoms with Gasteiger partial charge >= 0.3 is 15.2 Å². The number of benzene rings is 5. The van der Waals surface area contributed by atoms with E-state index < -0.39 is 15.2 Å². The van der Waals surface area contributed by atoms with Gasteiger partial charge in [-0.25, -0.2) is 9.13 Å². The molecule has 5 aromatic rings. The van der Waals surface area contributed by atoms with Crippen molar-refractivity contribution in [2.24, 2.45) is 0 Å². The summed E-state index contributed by atoms with van der Waals surface area (Å²) in [6, 6.07) is 26.0. The van der Waals surface area contributed by atoms with Crippen LogP contribution in [0.25, 0.3) is 21.5 Å². The molecule has 4 bridgehead atoms. The summed E-state index contributed by atoms with van der Waals surface area (Å²) in [4.78, 5) is 0. The summed E-state index contributed by atoms with van der Waals surface area (Å²) >= 11 is 0. The zero-order chi connectivity index (χ0) is 30.1.